The first kappa shape index (κ1) is 11.8. The lowest BCUT2D eigenvalue weighted by Gasteiger charge is -2.34. The van der Waals surface area contributed by atoms with Crippen molar-refractivity contribution in [3.05, 3.63) is 12.2 Å². The van der Waals surface area contributed by atoms with Crippen LogP contribution in [0.3, 0.4) is 0 Å². The van der Waals surface area contributed by atoms with Gasteiger partial charge in [0, 0.05) is 19.3 Å². The molecule has 0 bridgehead atoms. The number of nitrogens with zero attached hydrogens (tertiary/aromatic N) is 1. The van der Waals surface area contributed by atoms with Gasteiger partial charge in [-0.15, -0.1) is 0 Å². The molecule has 0 aromatic heterocycles. The maximum absolute atomic E-state index is 12.0. The van der Waals surface area contributed by atoms with E-state index in [9.17, 15) is 4.79 Å². The molecule has 16 heavy (non-hydrogen) atoms. The zero-order chi connectivity index (χ0) is 11.5. The van der Waals surface area contributed by atoms with Crippen LogP contribution in [0.4, 0.5) is 0 Å². The summed E-state index contributed by atoms with van der Waals surface area (Å²) in [6.45, 7) is 8.35. The first-order chi connectivity index (χ1) is 7.70. The van der Waals surface area contributed by atoms with Crippen molar-refractivity contribution in [2.24, 2.45) is 0 Å². The molecule has 1 atom stereocenters. The Bertz CT molecular complexity index is 282. The molecule has 3 nitrogen and oxygen atoms in total. The van der Waals surface area contributed by atoms with E-state index in [1.807, 2.05) is 6.92 Å². The van der Waals surface area contributed by atoms with Crippen molar-refractivity contribution in [2.45, 2.75) is 44.7 Å². The normalized spacial score (nSPS) is 28.2. The zero-order valence-electron chi connectivity index (χ0n) is 10.1. The minimum absolute atomic E-state index is 0.0978. The van der Waals surface area contributed by atoms with E-state index >= 15 is 0 Å². The molecule has 2 saturated heterocycles. The van der Waals surface area contributed by atoms with E-state index in [4.69, 9.17) is 4.74 Å². The highest BCUT2D eigenvalue weighted by Gasteiger charge is 2.35. The smallest absolute Gasteiger partial charge is 0.175 e. The molecule has 0 aliphatic carbocycles. The summed E-state index contributed by atoms with van der Waals surface area (Å²) >= 11 is 0. The fourth-order valence-corrected chi connectivity index (χ4v) is 2.81. The molecule has 2 aliphatic heterocycles. The van der Waals surface area contributed by atoms with Gasteiger partial charge in [0.2, 0.25) is 0 Å². The molecule has 0 amide bonds. The Kier molecular flexibility index (Phi) is 3.77. The van der Waals surface area contributed by atoms with Gasteiger partial charge in [0.05, 0.1) is 6.04 Å². The second kappa shape index (κ2) is 5.11. The fraction of sp³-hybridized carbons (Fsp3) is 0.769. The molecule has 0 spiro atoms. The summed E-state index contributed by atoms with van der Waals surface area (Å²) in [7, 11) is 0. The van der Waals surface area contributed by atoms with Crippen molar-refractivity contribution in [3.63, 3.8) is 0 Å². The predicted molar refractivity (Wildman–Crippen MR) is 63.4 cm³/mol. The molecular formula is C13H21NO2. The zero-order valence-corrected chi connectivity index (χ0v) is 10.1. The molecule has 90 valence electrons. The molecule has 0 aromatic rings. The van der Waals surface area contributed by atoms with E-state index < -0.39 is 0 Å². The highest BCUT2D eigenvalue weighted by Crippen LogP contribution is 2.26. The van der Waals surface area contributed by atoms with Crippen LogP contribution in [0.5, 0.6) is 0 Å². The van der Waals surface area contributed by atoms with Gasteiger partial charge in [0.25, 0.3) is 0 Å². The number of ether oxygens (including phenoxy) is 1. The van der Waals surface area contributed by atoms with Gasteiger partial charge in [-0.3, -0.25) is 9.69 Å². The van der Waals surface area contributed by atoms with E-state index in [1.54, 1.807) is 0 Å². The molecule has 2 rings (SSSR count). The molecule has 2 fully saturated rings. The third-order valence-electron chi connectivity index (χ3n) is 3.68. The number of carbonyl (C=O) groups is 1. The van der Waals surface area contributed by atoms with Crippen molar-refractivity contribution in [3.8, 4) is 0 Å². The van der Waals surface area contributed by atoms with Crippen LogP contribution in [0.1, 0.15) is 32.6 Å². The molecule has 2 aliphatic rings. The molecule has 0 aromatic carbocycles. The molecular weight excluding hydrogens is 202 g/mol. The van der Waals surface area contributed by atoms with Gasteiger partial charge in [-0.2, -0.15) is 0 Å². The molecule has 1 unspecified atom stereocenters. The summed E-state index contributed by atoms with van der Waals surface area (Å²) in [6, 6.07) is 0.644. The standard InChI is InChI=1S/C13H21NO2/c1-10(2)13(15)12-4-3-7-14(12)11-5-8-16-9-6-11/h11-12H,1,3-9H2,2H3. The number of rotatable bonds is 3. The quantitative estimate of drug-likeness (QED) is 0.683. The molecule has 0 N–H and O–H groups in total. The maximum atomic E-state index is 12.0. The Hall–Kier alpha value is -0.670. The number of carbonyl (C=O) groups excluding carboxylic acids is 1. The van der Waals surface area contributed by atoms with Crippen LogP contribution < -0.4 is 0 Å². The highest BCUT2D eigenvalue weighted by atomic mass is 16.5. The second-order valence-electron chi connectivity index (χ2n) is 4.88. The topological polar surface area (TPSA) is 29.5 Å². The largest absolute Gasteiger partial charge is 0.381 e. The number of hydrogen-bond acceptors (Lipinski definition) is 3. The van der Waals surface area contributed by atoms with Crippen molar-refractivity contribution in [1.29, 1.82) is 0 Å². The van der Waals surface area contributed by atoms with Crippen LogP contribution in [0, 0.1) is 0 Å². The van der Waals surface area contributed by atoms with Crippen molar-refractivity contribution in [2.75, 3.05) is 19.8 Å². The fourth-order valence-electron chi connectivity index (χ4n) is 2.81. The van der Waals surface area contributed by atoms with Gasteiger partial charge in [-0.25, -0.2) is 0 Å². The highest BCUT2D eigenvalue weighted by molar-refractivity contribution is 5.98. The lowest BCUT2D eigenvalue weighted by molar-refractivity contribution is -0.121. The molecule has 3 heteroatoms. The maximum Gasteiger partial charge on any atom is 0.175 e. The second-order valence-corrected chi connectivity index (χ2v) is 4.88. The summed E-state index contributed by atoms with van der Waals surface area (Å²) in [5, 5.41) is 0. The van der Waals surface area contributed by atoms with Crippen LogP contribution in [-0.2, 0) is 9.53 Å². The predicted octanol–water partition coefficient (Wildman–Crippen LogP) is 1.77. The summed E-state index contributed by atoms with van der Waals surface area (Å²) in [4.78, 5) is 14.4. The van der Waals surface area contributed by atoms with Crippen LogP contribution in [0.25, 0.3) is 0 Å². The van der Waals surface area contributed by atoms with E-state index in [-0.39, 0.29) is 11.8 Å². The van der Waals surface area contributed by atoms with E-state index in [2.05, 4.69) is 11.5 Å². The van der Waals surface area contributed by atoms with E-state index in [0.717, 1.165) is 45.4 Å². The summed E-state index contributed by atoms with van der Waals surface area (Å²) in [6.07, 6.45) is 4.28. The first-order valence-electron chi connectivity index (χ1n) is 6.23. The Morgan fingerprint density at radius 1 is 1.31 bits per heavy atom. The van der Waals surface area contributed by atoms with Crippen molar-refractivity contribution < 1.29 is 9.53 Å². The lowest BCUT2D eigenvalue weighted by Crippen LogP contribution is -2.45. The Balaban J connectivity index is 2.02. The first-order valence-corrected chi connectivity index (χ1v) is 6.23. The Labute approximate surface area is 97.5 Å². The Morgan fingerprint density at radius 3 is 2.62 bits per heavy atom. The summed E-state index contributed by atoms with van der Waals surface area (Å²) < 4.78 is 5.37. The van der Waals surface area contributed by atoms with Crippen LogP contribution in [-0.4, -0.2) is 42.5 Å². The third kappa shape index (κ3) is 2.36. The monoisotopic (exact) mass is 223 g/mol. The van der Waals surface area contributed by atoms with Crippen LogP contribution in [0.15, 0.2) is 12.2 Å². The molecule has 2 heterocycles. The number of likely N-dealkylation sites (tertiary alicyclic amines) is 1. The summed E-state index contributed by atoms with van der Waals surface area (Å²) in [5.41, 5.74) is 0.698. The van der Waals surface area contributed by atoms with Gasteiger partial charge < -0.3 is 4.74 Å². The molecule has 0 radical (unpaired) electrons. The average Bonchev–Trinajstić information content (AvgIpc) is 2.77. The van der Waals surface area contributed by atoms with E-state index in [1.165, 1.54) is 0 Å². The van der Waals surface area contributed by atoms with Gasteiger partial charge in [0.1, 0.15) is 0 Å². The van der Waals surface area contributed by atoms with Gasteiger partial charge >= 0.3 is 0 Å². The van der Waals surface area contributed by atoms with Gasteiger partial charge in [0.15, 0.2) is 5.78 Å². The minimum Gasteiger partial charge on any atom is -0.381 e. The number of hydrogen-bond donors (Lipinski definition) is 0. The van der Waals surface area contributed by atoms with Gasteiger partial charge in [-0.1, -0.05) is 6.58 Å². The summed E-state index contributed by atoms with van der Waals surface area (Å²) in [5.74, 6) is 0.240. The third-order valence-corrected chi connectivity index (χ3v) is 3.68. The van der Waals surface area contributed by atoms with Crippen LogP contribution in [0.2, 0.25) is 0 Å². The van der Waals surface area contributed by atoms with Crippen LogP contribution >= 0.6 is 0 Å². The average molecular weight is 223 g/mol. The minimum atomic E-state index is 0.0978. The van der Waals surface area contributed by atoms with E-state index in [0.29, 0.717) is 11.6 Å². The Morgan fingerprint density at radius 2 is 2.00 bits per heavy atom. The molecule has 0 saturated carbocycles. The van der Waals surface area contributed by atoms with Crippen molar-refractivity contribution >= 4 is 5.78 Å². The number of Topliss-reactive ketones (excluding diaryl/α,β-unsaturated/α-hetero) is 1. The number of ketones is 1. The SMILES string of the molecule is C=C(C)C(=O)C1CCCN1C1CCOCC1. The van der Waals surface area contributed by atoms with Gasteiger partial charge in [-0.05, 0) is 44.7 Å². The van der Waals surface area contributed by atoms with Crippen molar-refractivity contribution in [1.82, 2.24) is 4.90 Å². The lowest BCUT2D eigenvalue weighted by atomic mass is 10.0.